The largest absolute Gasteiger partial charge is 0.463 e. The number of carbonyl (C=O) groups is 1. The Bertz CT molecular complexity index is 801. The first-order valence-electron chi connectivity index (χ1n) is 7.54. The molecule has 0 saturated heterocycles. The van der Waals surface area contributed by atoms with E-state index < -0.39 is 10.0 Å². The molecule has 2 rings (SSSR count). The molecular weight excluding hydrogens is 330 g/mol. The molecule has 0 aliphatic heterocycles. The van der Waals surface area contributed by atoms with Crippen LogP contribution in [0.2, 0.25) is 0 Å². The zero-order valence-corrected chi connectivity index (χ0v) is 14.7. The monoisotopic (exact) mass is 352 g/mol. The van der Waals surface area contributed by atoms with Gasteiger partial charge in [0.2, 0.25) is 10.0 Å². The summed E-state index contributed by atoms with van der Waals surface area (Å²) in [7, 11) is -2.21. The molecule has 1 aromatic carbocycles. The Balaban J connectivity index is 2.00. The molecule has 7 nitrogen and oxygen atoms in total. The van der Waals surface area contributed by atoms with Crippen molar-refractivity contribution in [3.63, 3.8) is 0 Å². The minimum absolute atomic E-state index is 0.0176. The molecule has 0 unspecified atom stereocenters. The quantitative estimate of drug-likeness (QED) is 0.684. The maximum Gasteiger partial charge on any atom is 0.279 e. The van der Waals surface area contributed by atoms with Crippen LogP contribution in [0.3, 0.4) is 0 Å². The van der Waals surface area contributed by atoms with E-state index in [0.717, 1.165) is 5.76 Å². The molecule has 1 aromatic heterocycles. The molecule has 0 aliphatic carbocycles. The van der Waals surface area contributed by atoms with E-state index in [1.165, 1.54) is 13.1 Å². The summed E-state index contributed by atoms with van der Waals surface area (Å²) in [6.07, 6.45) is 1.59. The lowest BCUT2D eigenvalue weighted by Crippen LogP contribution is -2.86. The molecule has 1 atom stereocenters. The molecule has 0 radical (unpaired) electrons. The van der Waals surface area contributed by atoms with Gasteiger partial charge in [-0.15, -0.1) is 0 Å². The third-order valence-corrected chi connectivity index (χ3v) is 5.24. The highest BCUT2D eigenvalue weighted by atomic mass is 32.2. The standard InChI is InChI=1S/C16H21N3O4S/c1-11-6-7-13(9-15(11)24(21,22)17-3)19-16(20)10-18-12(2)14-5-4-8-23-14/h4-9,12,17-18H,10H2,1-3H3,(H,19,20)/p+1/t12-/m0/s1. The Morgan fingerprint density at radius 1 is 1.33 bits per heavy atom. The minimum Gasteiger partial charge on any atom is -0.463 e. The van der Waals surface area contributed by atoms with Crippen molar-refractivity contribution in [2.75, 3.05) is 18.9 Å². The van der Waals surface area contributed by atoms with Crippen molar-refractivity contribution in [3.8, 4) is 0 Å². The summed E-state index contributed by atoms with van der Waals surface area (Å²) < 4.78 is 31.5. The summed E-state index contributed by atoms with van der Waals surface area (Å²) in [5.41, 5.74) is 1.05. The Kier molecular flexibility index (Phi) is 5.76. The van der Waals surface area contributed by atoms with Crippen LogP contribution in [0.4, 0.5) is 5.69 Å². The van der Waals surface area contributed by atoms with E-state index in [9.17, 15) is 13.2 Å². The van der Waals surface area contributed by atoms with E-state index >= 15 is 0 Å². The number of amides is 1. The van der Waals surface area contributed by atoms with Crippen LogP contribution in [0.5, 0.6) is 0 Å². The lowest BCUT2D eigenvalue weighted by molar-refractivity contribution is -0.684. The highest BCUT2D eigenvalue weighted by Gasteiger charge is 2.17. The van der Waals surface area contributed by atoms with Crippen molar-refractivity contribution in [1.29, 1.82) is 0 Å². The van der Waals surface area contributed by atoms with Crippen LogP contribution in [0.15, 0.2) is 45.9 Å². The number of quaternary nitrogens is 1. The molecule has 1 heterocycles. The highest BCUT2D eigenvalue weighted by molar-refractivity contribution is 7.89. The first-order chi connectivity index (χ1) is 11.3. The summed E-state index contributed by atoms with van der Waals surface area (Å²) in [6.45, 7) is 3.84. The number of carbonyl (C=O) groups excluding carboxylic acids is 1. The predicted molar refractivity (Wildman–Crippen MR) is 90.0 cm³/mol. The van der Waals surface area contributed by atoms with Gasteiger partial charge in [0.15, 0.2) is 12.3 Å². The normalized spacial score (nSPS) is 12.8. The van der Waals surface area contributed by atoms with E-state index in [1.54, 1.807) is 31.4 Å². The summed E-state index contributed by atoms with van der Waals surface area (Å²) in [5, 5.41) is 4.55. The first-order valence-corrected chi connectivity index (χ1v) is 9.02. The van der Waals surface area contributed by atoms with E-state index in [4.69, 9.17) is 4.42 Å². The third kappa shape index (κ3) is 4.44. The third-order valence-electron chi connectivity index (χ3n) is 3.68. The number of furan rings is 1. The molecule has 0 fully saturated rings. The highest BCUT2D eigenvalue weighted by Crippen LogP contribution is 2.19. The maximum atomic E-state index is 12.1. The number of nitrogens with two attached hydrogens (primary N) is 1. The zero-order chi connectivity index (χ0) is 17.7. The summed E-state index contributed by atoms with van der Waals surface area (Å²) in [5.74, 6) is 0.575. The van der Waals surface area contributed by atoms with Crippen molar-refractivity contribution < 1.29 is 22.9 Å². The van der Waals surface area contributed by atoms with Gasteiger partial charge in [-0.25, -0.2) is 13.1 Å². The van der Waals surface area contributed by atoms with E-state index in [1.807, 2.05) is 18.3 Å². The predicted octanol–water partition coefficient (Wildman–Crippen LogP) is 0.759. The Labute approximate surface area is 141 Å². The van der Waals surface area contributed by atoms with Gasteiger partial charge in [-0.1, -0.05) is 6.07 Å². The second-order valence-corrected chi connectivity index (χ2v) is 7.33. The van der Waals surface area contributed by atoms with Gasteiger partial charge in [0.25, 0.3) is 5.91 Å². The van der Waals surface area contributed by atoms with Gasteiger partial charge in [-0.2, -0.15) is 0 Å². The fourth-order valence-electron chi connectivity index (χ4n) is 2.24. The molecule has 0 aliphatic rings. The lowest BCUT2D eigenvalue weighted by atomic mass is 10.2. The van der Waals surface area contributed by atoms with Crippen LogP contribution in [0.1, 0.15) is 24.3 Å². The van der Waals surface area contributed by atoms with Crippen LogP contribution in [-0.4, -0.2) is 27.9 Å². The van der Waals surface area contributed by atoms with E-state index in [-0.39, 0.29) is 23.4 Å². The molecule has 4 N–H and O–H groups in total. The first kappa shape index (κ1) is 18.2. The molecule has 24 heavy (non-hydrogen) atoms. The average molecular weight is 352 g/mol. The van der Waals surface area contributed by atoms with Crippen LogP contribution in [0.25, 0.3) is 0 Å². The molecule has 130 valence electrons. The van der Waals surface area contributed by atoms with Crippen molar-refractivity contribution in [2.24, 2.45) is 0 Å². The second-order valence-electron chi connectivity index (χ2n) is 5.48. The number of hydrogen-bond donors (Lipinski definition) is 3. The van der Waals surface area contributed by atoms with Gasteiger partial charge >= 0.3 is 0 Å². The van der Waals surface area contributed by atoms with Gasteiger partial charge in [0.1, 0.15) is 6.04 Å². The van der Waals surface area contributed by atoms with Crippen LogP contribution >= 0.6 is 0 Å². The number of nitrogens with one attached hydrogen (secondary N) is 2. The number of rotatable bonds is 7. The molecule has 0 saturated carbocycles. The van der Waals surface area contributed by atoms with Crippen molar-refractivity contribution in [3.05, 3.63) is 47.9 Å². The zero-order valence-electron chi connectivity index (χ0n) is 13.9. The Morgan fingerprint density at radius 3 is 2.71 bits per heavy atom. The lowest BCUT2D eigenvalue weighted by Gasteiger charge is -2.11. The minimum atomic E-state index is -3.56. The van der Waals surface area contributed by atoms with Crippen LogP contribution in [-0.2, 0) is 14.8 Å². The number of sulfonamides is 1. The molecule has 2 aromatic rings. The fourth-order valence-corrected chi connectivity index (χ4v) is 3.23. The summed E-state index contributed by atoms with van der Waals surface area (Å²) in [4.78, 5) is 12.2. The molecule has 0 bridgehead atoms. The van der Waals surface area contributed by atoms with Crippen LogP contribution in [0, 0.1) is 6.92 Å². The fraction of sp³-hybridized carbons (Fsp3) is 0.312. The SMILES string of the molecule is CNS(=O)(=O)c1cc(NC(=O)C[NH2+][C@@H](C)c2ccco2)ccc1C. The Hall–Kier alpha value is -2.16. The topological polar surface area (TPSA) is 105 Å². The maximum absolute atomic E-state index is 12.1. The number of benzene rings is 1. The molecule has 0 spiro atoms. The molecule has 8 heteroatoms. The smallest absolute Gasteiger partial charge is 0.279 e. The number of aryl methyl sites for hydroxylation is 1. The van der Waals surface area contributed by atoms with E-state index in [2.05, 4.69) is 10.0 Å². The Morgan fingerprint density at radius 2 is 2.08 bits per heavy atom. The van der Waals surface area contributed by atoms with E-state index in [0.29, 0.717) is 11.3 Å². The summed E-state index contributed by atoms with van der Waals surface area (Å²) in [6, 6.07) is 8.47. The molecule has 1 amide bonds. The number of anilines is 1. The van der Waals surface area contributed by atoms with Gasteiger partial charge in [-0.05, 0) is 50.7 Å². The molecular formula is C16H22N3O4S+. The van der Waals surface area contributed by atoms with Crippen molar-refractivity contribution in [2.45, 2.75) is 24.8 Å². The van der Waals surface area contributed by atoms with Gasteiger partial charge in [0.05, 0.1) is 11.2 Å². The van der Waals surface area contributed by atoms with Crippen molar-refractivity contribution >= 4 is 21.6 Å². The second kappa shape index (κ2) is 7.61. The van der Waals surface area contributed by atoms with Crippen molar-refractivity contribution in [1.82, 2.24) is 4.72 Å². The summed E-state index contributed by atoms with van der Waals surface area (Å²) >= 11 is 0. The van der Waals surface area contributed by atoms with Gasteiger partial charge in [0, 0.05) is 5.69 Å². The average Bonchev–Trinajstić information content (AvgIpc) is 3.09. The van der Waals surface area contributed by atoms with Crippen LogP contribution < -0.4 is 15.4 Å². The number of hydrogen-bond acceptors (Lipinski definition) is 4. The van der Waals surface area contributed by atoms with Gasteiger partial charge < -0.3 is 15.1 Å². The van der Waals surface area contributed by atoms with Gasteiger partial charge in [-0.3, -0.25) is 4.79 Å².